The summed E-state index contributed by atoms with van der Waals surface area (Å²) in [6.45, 7) is 2.41. The van der Waals surface area contributed by atoms with Crippen molar-refractivity contribution in [2.24, 2.45) is 0 Å². The third-order valence-corrected chi connectivity index (χ3v) is 3.87. The van der Waals surface area contributed by atoms with Gasteiger partial charge in [-0.25, -0.2) is 0 Å². The Labute approximate surface area is 134 Å². The standard InChI is InChI=1S/C15H19ClN2O4/c1-21-13-4-3-11(16)9-12(13)17-5-7-18(8-6-17)14(19)10-15(20)22-2/h3-4,9H,5-8,10H2,1-2H3. The molecule has 1 saturated heterocycles. The van der Waals surface area contributed by atoms with Gasteiger partial charge in [-0.1, -0.05) is 11.6 Å². The van der Waals surface area contributed by atoms with Crippen molar-refractivity contribution in [2.75, 3.05) is 45.3 Å². The van der Waals surface area contributed by atoms with E-state index in [-0.39, 0.29) is 12.3 Å². The number of nitrogens with zero attached hydrogens (tertiary/aromatic N) is 2. The molecule has 120 valence electrons. The van der Waals surface area contributed by atoms with Crippen LogP contribution < -0.4 is 9.64 Å². The molecule has 0 atom stereocenters. The summed E-state index contributed by atoms with van der Waals surface area (Å²) in [5.74, 6) is 0.0345. The second kappa shape index (κ2) is 7.35. The van der Waals surface area contributed by atoms with Gasteiger partial charge in [0.05, 0.1) is 19.9 Å². The van der Waals surface area contributed by atoms with Crippen LogP contribution in [0.2, 0.25) is 5.02 Å². The number of benzene rings is 1. The fourth-order valence-electron chi connectivity index (χ4n) is 2.41. The van der Waals surface area contributed by atoms with Gasteiger partial charge in [0.2, 0.25) is 5.91 Å². The Morgan fingerprint density at radius 2 is 1.86 bits per heavy atom. The number of piperazine rings is 1. The molecular formula is C15H19ClN2O4. The number of ether oxygens (including phenoxy) is 2. The zero-order valence-electron chi connectivity index (χ0n) is 12.7. The van der Waals surface area contributed by atoms with Gasteiger partial charge < -0.3 is 19.3 Å². The van der Waals surface area contributed by atoms with Gasteiger partial charge in [0.25, 0.3) is 0 Å². The number of esters is 1. The maximum absolute atomic E-state index is 11.9. The number of methoxy groups -OCH3 is 2. The maximum Gasteiger partial charge on any atom is 0.315 e. The molecule has 0 bridgehead atoms. The SMILES string of the molecule is COC(=O)CC(=O)N1CCN(c2cc(Cl)ccc2OC)CC1. The third-order valence-electron chi connectivity index (χ3n) is 3.64. The van der Waals surface area contributed by atoms with Gasteiger partial charge in [0, 0.05) is 31.2 Å². The Hall–Kier alpha value is -1.95. The fraction of sp³-hybridized carbons (Fsp3) is 0.467. The van der Waals surface area contributed by atoms with Gasteiger partial charge in [-0.3, -0.25) is 9.59 Å². The first-order chi connectivity index (χ1) is 10.5. The zero-order chi connectivity index (χ0) is 16.1. The van der Waals surface area contributed by atoms with Crippen LogP contribution in [0, 0.1) is 0 Å². The van der Waals surface area contributed by atoms with E-state index in [1.807, 2.05) is 12.1 Å². The molecule has 0 aromatic heterocycles. The molecule has 22 heavy (non-hydrogen) atoms. The highest BCUT2D eigenvalue weighted by molar-refractivity contribution is 6.30. The van der Waals surface area contributed by atoms with Crippen LogP contribution in [-0.2, 0) is 14.3 Å². The summed E-state index contributed by atoms with van der Waals surface area (Å²) in [7, 11) is 2.89. The minimum absolute atomic E-state index is 0.204. The van der Waals surface area contributed by atoms with E-state index >= 15 is 0 Å². The van der Waals surface area contributed by atoms with Crippen molar-refractivity contribution in [3.8, 4) is 5.75 Å². The van der Waals surface area contributed by atoms with E-state index in [1.54, 1.807) is 18.1 Å². The highest BCUT2D eigenvalue weighted by atomic mass is 35.5. The molecule has 1 aromatic rings. The monoisotopic (exact) mass is 326 g/mol. The predicted molar refractivity (Wildman–Crippen MR) is 83.4 cm³/mol. The van der Waals surface area contributed by atoms with Crippen molar-refractivity contribution in [1.29, 1.82) is 0 Å². The Kier molecular flexibility index (Phi) is 5.49. The molecule has 1 heterocycles. The summed E-state index contributed by atoms with van der Waals surface area (Å²) in [6, 6.07) is 5.46. The van der Waals surface area contributed by atoms with Gasteiger partial charge in [-0.2, -0.15) is 0 Å². The van der Waals surface area contributed by atoms with Gasteiger partial charge >= 0.3 is 5.97 Å². The molecule has 1 aliphatic rings. The molecule has 1 fully saturated rings. The second-order valence-electron chi connectivity index (χ2n) is 4.94. The smallest absolute Gasteiger partial charge is 0.315 e. The minimum Gasteiger partial charge on any atom is -0.495 e. The van der Waals surface area contributed by atoms with Crippen LogP contribution >= 0.6 is 11.6 Å². The highest BCUT2D eigenvalue weighted by Gasteiger charge is 2.24. The van der Waals surface area contributed by atoms with E-state index in [9.17, 15) is 9.59 Å². The Morgan fingerprint density at radius 1 is 1.18 bits per heavy atom. The Morgan fingerprint density at radius 3 is 2.45 bits per heavy atom. The maximum atomic E-state index is 11.9. The van der Waals surface area contributed by atoms with Gasteiger partial charge in [0.1, 0.15) is 12.2 Å². The topological polar surface area (TPSA) is 59.1 Å². The Bertz CT molecular complexity index is 556. The number of amides is 1. The van der Waals surface area contributed by atoms with Crippen molar-refractivity contribution in [3.05, 3.63) is 23.2 Å². The molecule has 1 aromatic carbocycles. The molecule has 1 aliphatic heterocycles. The van der Waals surface area contributed by atoms with Gasteiger partial charge in [0.15, 0.2) is 0 Å². The van der Waals surface area contributed by atoms with Crippen molar-refractivity contribution in [2.45, 2.75) is 6.42 Å². The predicted octanol–water partition coefficient (Wildman–Crippen LogP) is 1.56. The first-order valence-corrected chi connectivity index (χ1v) is 7.36. The summed E-state index contributed by atoms with van der Waals surface area (Å²) in [5.41, 5.74) is 0.912. The average molecular weight is 327 g/mol. The quantitative estimate of drug-likeness (QED) is 0.621. The molecular weight excluding hydrogens is 308 g/mol. The molecule has 0 aliphatic carbocycles. The van der Waals surface area contributed by atoms with Crippen LogP contribution in [0.3, 0.4) is 0 Å². The molecule has 0 spiro atoms. The third kappa shape index (κ3) is 3.82. The number of halogens is 1. The van der Waals surface area contributed by atoms with E-state index in [0.29, 0.717) is 31.2 Å². The minimum atomic E-state index is -0.510. The molecule has 0 N–H and O–H groups in total. The molecule has 0 unspecified atom stereocenters. The fourth-order valence-corrected chi connectivity index (χ4v) is 2.58. The van der Waals surface area contributed by atoms with Crippen LogP contribution in [0.1, 0.15) is 6.42 Å². The molecule has 0 saturated carbocycles. The van der Waals surface area contributed by atoms with E-state index in [1.165, 1.54) is 7.11 Å². The normalized spacial score (nSPS) is 14.7. The van der Waals surface area contributed by atoms with E-state index in [4.69, 9.17) is 16.3 Å². The highest BCUT2D eigenvalue weighted by Crippen LogP contribution is 2.31. The summed E-state index contributed by atoms with van der Waals surface area (Å²) in [5, 5.41) is 0.639. The van der Waals surface area contributed by atoms with Crippen LogP contribution in [-0.4, -0.2) is 57.2 Å². The van der Waals surface area contributed by atoms with Crippen molar-refractivity contribution < 1.29 is 19.1 Å². The van der Waals surface area contributed by atoms with Crippen molar-refractivity contribution >= 4 is 29.2 Å². The van der Waals surface area contributed by atoms with E-state index < -0.39 is 5.97 Å². The molecule has 2 rings (SSSR count). The zero-order valence-corrected chi connectivity index (χ0v) is 13.4. The summed E-state index contributed by atoms with van der Waals surface area (Å²) >= 11 is 6.05. The van der Waals surface area contributed by atoms with Gasteiger partial charge in [-0.05, 0) is 18.2 Å². The lowest BCUT2D eigenvalue weighted by Gasteiger charge is -2.36. The summed E-state index contributed by atoms with van der Waals surface area (Å²) in [6.07, 6.45) is -0.211. The summed E-state index contributed by atoms with van der Waals surface area (Å²) in [4.78, 5) is 26.9. The number of hydrogen-bond donors (Lipinski definition) is 0. The molecule has 1 amide bonds. The van der Waals surface area contributed by atoms with Crippen LogP contribution in [0.15, 0.2) is 18.2 Å². The summed E-state index contributed by atoms with van der Waals surface area (Å²) < 4.78 is 9.87. The number of hydrogen-bond acceptors (Lipinski definition) is 5. The van der Waals surface area contributed by atoms with Crippen molar-refractivity contribution in [3.63, 3.8) is 0 Å². The van der Waals surface area contributed by atoms with Crippen molar-refractivity contribution in [1.82, 2.24) is 4.90 Å². The van der Waals surface area contributed by atoms with Crippen LogP contribution in [0.4, 0.5) is 5.69 Å². The lowest BCUT2D eigenvalue weighted by Crippen LogP contribution is -2.49. The number of carbonyl (C=O) groups excluding carboxylic acids is 2. The lowest BCUT2D eigenvalue weighted by atomic mass is 10.2. The first-order valence-electron chi connectivity index (χ1n) is 6.98. The number of rotatable bonds is 4. The molecule has 7 heteroatoms. The molecule has 0 radical (unpaired) electrons. The second-order valence-corrected chi connectivity index (χ2v) is 5.37. The average Bonchev–Trinajstić information content (AvgIpc) is 2.54. The molecule has 6 nitrogen and oxygen atoms in total. The van der Waals surface area contributed by atoms with Crippen LogP contribution in [0.5, 0.6) is 5.75 Å². The number of carbonyl (C=O) groups is 2. The van der Waals surface area contributed by atoms with Crippen LogP contribution in [0.25, 0.3) is 0 Å². The van der Waals surface area contributed by atoms with E-state index in [0.717, 1.165) is 11.4 Å². The Balaban J connectivity index is 1.99. The lowest BCUT2D eigenvalue weighted by molar-refractivity contribution is -0.146. The van der Waals surface area contributed by atoms with E-state index in [2.05, 4.69) is 9.64 Å². The first kappa shape index (κ1) is 16.4. The largest absolute Gasteiger partial charge is 0.495 e. The van der Waals surface area contributed by atoms with Gasteiger partial charge in [-0.15, -0.1) is 0 Å². The number of anilines is 1.